The molecule has 0 heterocycles. The zero-order valence-electron chi connectivity index (χ0n) is 54.8. The average Bonchev–Trinajstić information content (AvgIpc) is 0.908. The van der Waals surface area contributed by atoms with Gasteiger partial charge in [-0.25, -0.2) is 0 Å². The van der Waals surface area contributed by atoms with Crippen LogP contribution < -0.4 is 9.80 Å². The molecule has 9 atom stereocenters. The van der Waals surface area contributed by atoms with Crippen LogP contribution in [0.5, 0.6) is 0 Å². The monoisotopic (exact) mass is 1200 g/mol. The van der Waals surface area contributed by atoms with Crippen LogP contribution in [0.4, 0.5) is 11.4 Å². The Morgan fingerprint density at radius 2 is 1.18 bits per heavy atom. The van der Waals surface area contributed by atoms with Crippen molar-refractivity contribution < 1.29 is 0 Å². The molecule has 0 aliphatic heterocycles. The van der Waals surface area contributed by atoms with Crippen LogP contribution in [0, 0.1) is 23.2 Å². The van der Waals surface area contributed by atoms with E-state index < -0.39 is 0 Å². The summed E-state index contributed by atoms with van der Waals surface area (Å²) in [6, 6.07) is 61.2. The van der Waals surface area contributed by atoms with E-state index in [-0.39, 0.29) is 11.5 Å². The third-order valence-corrected chi connectivity index (χ3v) is 23.0. The second-order valence-corrected chi connectivity index (χ2v) is 28.5. The van der Waals surface area contributed by atoms with Crippen molar-refractivity contribution in [1.82, 2.24) is 0 Å². The molecule has 2 heteroatoms. The van der Waals surface area contributed by atoms with Gasteiger partial charge in [0.25, 0.3) is 0 Å². The van der Waals surface area contributed by atoms with E-state index in [1.165, 1.54) is 126 Å². The molecule has 0 radical (unpaired) electrons. The minimum Gasteiger partial charge on any atom is -0.358 e. The first-order chi connectivity index (χ1) is 45.3. The van der Waals surface area contributed by atoms with Crippen molar-refractivity contribution in [3.63, 3.8) is 0 Å². The van der Waals surface area contributed by atoms with Crippen molar-refractivity contribution >= 4 is 22.5 Å². The average molecular weight is 1200 g/mol. The predicted octanol–water partition coefficient (Wildman–Crippen LogP) is 23.1. The Labute approximate surface area is 551 Å². The van der Waals surface area contributed by atoms with E-state index in [2.05, 4.69) is 297 Å². The summed E-state index contributed by atoms with van der Waals surface area (Å²) in [7, 11) is 0. The van der Waals surface area contributed by atoms with Crippen molar-refractivity contribution in [2.75, 3.05) is 9.80 Å². The number of rotatable bonds is 18. The van der Waals surface area contributed by atoms with E-state index in [1.54, 1.807) is 11.1 Å². The molecule has 0 bridgehead atoms. The highest BCUT2D eigenvalue weighted by Crippen LogP contribution is 2.55. The zero-order valence-corrected chi connectivity index (χ0v) is 54.8. The number of allylic oxidation sites excluding steroid dienone is 17. The lowest BCUT2D eigenvalue weighted by molar-refractivity contribution is 0.0729. The minimum atomic E-state index is -0.332. The molecule has 0 N–H and O–H groups in total. The van der Waals surface area contributed by atoms with Crippen molar-refractivity contribution in [2.45, 2.75) is 165 Å². The van der Waals surface area contributed by atoms with Gasteiger partial charge in [-0.2, -0.15) is 0 Å². The van der Waals surface area contributed by atoms with Crippen molar-refractivity contribution in [2.24, 2.45) is 23.2 Å². The Bertz CT molecular complexity index is 3960. The first-order valence-corrected chi connectivity index (χ1v) is 35.4. The Morgan fingerprint density at radius 3 is 1.79 bits per heavy atom. The summed E-state index contributed by atoms with van der Waals surface area (Å²) in [6.07, 6.45) is 61.9. The van der Waals surface area contributed by atoms with Crippen molar-refractivity contribution in [1.29, 1.82) is 0 Å². The zero-order chi connectivity index (χ0) is 62.3. The van der Waals surface area contributed by atoms with Crippen LogP contribution in [0.2, 0.25) is 0 Å². The van der Waals surface area contributed by atoms with E-state index in [9.17, 15) is 0 Å². The minimum absolute atomic E-state index is 0.227. The standard InChI is InChI=1S/C90H94N2/c1-66(67-34-36-70(37-35-67)68-22-10-4-11-23-68)88(78-26-14-6-15-27-78)89(2)64-62-77(63-65-89)76-48-60-87(61-49-76)92(83-32-20-9-21-33-83)86-58-46-75(47-59-86)74-44-56-85(57-45-74)91(82-30-18-8-19-31-82)84-54-42-73(43-55-84)72-40-52-81(53-41-72)90(3,79-28-16-7-17-29-79)80-50-38-71(39-51-80)69-24-12-5-13-25-69/h4,7-12,16-18,20-26,28-30,32,34,36,38-46,48-54,56-58,60-61,66-67,70,75,77,83-84,86,88H,6,14-15,19,27,31,33,35,37,47,55,59,62-65H2,1-3H3/t66?,67?,70?,75?,77?,83?,84?,86?,88?,89?,90-/m0/s1. The molecular formula is C90H94N2. The van der Waals surface area contributed by atoms with Crippen molar-refractivity contribution in [3.05, 3.63) is 334 Å². The molecule has 0 spiro atoms. The summed E-state index contributed by atoms with van der Waals surface area (Å²) in [5.41, 5.74) is 25.1. The topological polar surface area (TPSA) is 6.48 Å². The number of benzene rings is 6. The van der Waals surface area contributed by atoms with Crippen LogP contribution in [0.1, 0.15) is 186 Å². The second kappa shape index (κ2) is 27.8. The van der Waals surface area contributed by atoms with Gasteiger partial charge in [0.1, 0.15) is 0 Å². The Morgan fingerprint density at radius 1 is 0.511 bits per heavy atom. The lowest BCUT2D eigenvalue weighted by Gasteiger charge is -2.49. The van der Waals surface area contributed by atoms with Crippen LogP contribution >= 0.6 is 0 Å². The molecule has 0 amide bonds. The molecule has 1 fully saturated rings. The molecule has 2 nitrogen and oxygen atoms in total. The van der Waals surface area contributed by atoms with Crippen LogP contribution in [0.3, 0.4) is 0 Å². The molecule has 6 aromatic carbocycles. The third kappa shape index (κ3) is 13.1. The number of nitrogens with zero attached hydrogens (tertiary/aromatic N) is 2. The molecule has 464 valence electrons. The number of hydrogen-bond donors (Lipinski definition) is 0. The van der Waals surface area contributed by atoms with Gasteiger partial charge in [0, 0.05) is 40.4 Å². The van der Waals surface area contributed by atoms with Gasteiger partial charge < -0.3 is 9.80 Å². The van der Waals surface area contributed by atoms with Crippen LogP contribution in [-0.4, -0.2) is 18.1 Å². The lowest BCUT2D eigenvalue weighted by atomic mass is 9.56. The summed E-state index contributed by atoms with van der Waals surface area (Å²) in [4.78, 5) is 5.36. The van der Waals surface area contributed by atoms with Gasteiger partial charge in [0.05, 0.1) is 12.1 Å². The largest absolute Gasteiger partial charge is 0.358 e. The van der Waals surface area contributed by atoms with Gasteiger partial charge in [-0.15, -0.1) is 0 Å². The molecule has 8 aliphatic carbocycles. The van der Waals surface area contributed by atoms with E-state index in [4.69, 9.17) is 0 Å². The Balaban J connectivity index is 0.632. The van der Waals surface area contributed by atoms with E-state index >= 15 is 0 Å². The van der Waals surface area contributed by atoms with E-state index in [0.717, 1.165) is 44.1 Å². The molecule has 6 aromatic rings. The Kier molecular flexibility index (Phi) is 18.5. The molecule has 0 aromatic heterocycles. The number of anilines is 2. The fraction of sp³-hybridized carbons (Fsp3) is 0.333. The summed E-state index contributed by atoms with van der Waals surface area (Å²) in [5, 5.41) is 0. The van der Waals surface area contributed by atoms with Crippen LogP contribution in [0.25, 0.3) is 11.1 Å². The first-order valence-electron chi connectivity index (χ1n) is 35.4. The van der Waals surface area contributed by atoms with Gasteiger partial charge >= 0.3 is 0 Å². The van der Waals surface area contributed by atoms with E-state index in [1.807, 2.05) is 12.2 Å². The third-order valence-electron chi connectivity index (χ3n) is 23.0. The normalized spacial score (nSPS) is 26.3. The molecular weight excluding hydrogens is 1110 g/mol. The fourth-order valence-corrected chi connectivity index (χ4v) is 17.7. The molecule has 8 aliphatic rings. The highest BCUT2D eigenvalue weighted by atomic mass is 15.2. The van der Waals surface area contributed by atoms with Crippen molar-refractivity contribution in [3.8, 4) is 0 Å². The Hall–Kier alpha value is -8.38. The summed E-state index contributed by atoms with van der Waals surface area (Å²) >= 11 is 0. The number of hydrogen-bond acceptors (Lipinski definition) is 2. The molecule has 1 saturated carbocycles. The SMILES string of the molecule is CC(C1C=CC(c2ccccc2)CC1)C(C1=CCCCC1)C1(C)CCC(c2ccc(N(C3C=CC=CC3)C3C=CC(c4ccc(N(C5=CC=CCC5)C5C=CC(c6ccc([C@@](C)(c7ccccc7)c7ccc(C8=CC=C=C=C8)cc7)cc6)=CC5)cc4)CC3)cc2)CC1. The first kappa shape index (κ1) is 61.1. The lowest BCUT2D eigenvalue weighted by Crippen LogP contribution is -2.43. The maximum Gasteiger partial charge on any atom is 0.0557 e. The summed E-state index contributed by atoms with van der Waals surface area (Å²) in [5.74, 6) is 3.58. The van der Waals surface area contributed by atoms with Gasteiger partial charge in [0.15, 0.2) is 0 Å². The summed E-state index contributed by atoms with van der Waals surface area (Å²) in [6.45, 7) is 7.70. The van der Waals surface area contributed by atoms with Gasteiger partial charge in [0.2, 0.25) is 0 Å². The van der Waals surface area contributed by atoms with Gasteiger partial charge in [-0.1, -0.05) is 249 Å². The van der Waals surface area contributed by atoms with E-state index in [0.29, 0.717) is 53.0 Å². The van der Waals surface area contributed by atoms with Crippen LogP contribution in [-0.2, 0) is 5.41 Å². The fourth-order valence-electron chi connectivity index (χ4n) is 17.7. The van der Waals surface area contributed by atoms with Gasteiger partial charge in [-0.05, 0) is 243 Å². The highest BCUT2D eigenvalue weighted by Gasteiger charge is 2.45. The second-order valence-electron chi connectivity index (χ2n) is 28.5. The molecule has 0 saturated heterocycles. The maximum atomic E-state index is 3.12. The highest BCUT2D eigenvalue weighted by molar-refractivity contribution is 5.78. The molecule has 8 unspecified atom stereocenters. The van der Waals surface area contributed by atoms with Gasteiger partial charge in [-0.3, -0.25) is 0 Å². The maximum absolute atomic E-state index is 3.12. The van der Waals surface area contributed by atoms with Crippen LogP contribution in [0.15, 0.2) is 290 Å². The smallest absolute Gasteiger partial charge is 0.0557 e. The molecule has 14 rings (SSSR count). The summed E-state index contributed by atoms with van der Waals surface area (Å²) < 4.78 is 0. The quantitative estimate of drug-likeness (QED) is 0.0481. The molecule has 92 heavy (non-hydrogen) atoms. The predicted molar refractivity (Wildman–Crippen MR) is 390 cm³/mol.